The minimum atomic E-state index is -1.22. The molecule has 0 aromatic heterocycles. The third kappa shape index (κ3) is 4.41. The number of benzene rings is 3. The van der Waals surface area contributed by atoms with Crippen LogP contribution in [0, 0.1) is 11.3 Å². The van der Waals surface area contributed by atoms with Crippen molar-refractivity contribution in [2.24, 2.45) is 0 Å². The van der Waals surface area contributed by atoms with Gasteiger partial charge in [-0.3, -0.25) is 19.4 Å². The normalized spacial score (nSPS) is 20.4. The van der Waals surface area contributed by atoms with Crippen molar-refractivity contribution >= 4 is 28.6 Å². The lowest BCUT2D eigenvalue weighted by Gasteiger charge is -2.35. The molecule has 0 radical (unpaired) electrons. The van der Waals surface area contributed by atoms with Crippen LogP contribution in [0.3, 0.4) is 0 Å². The van der Waals surface area contributed by atoms with Crippen molar-refractivity contribution in [2.45, 2.75) is 19.0 Å². The minimum absolute atomic E-state index is 0.237. The summed E-state index contributed by atoms with van der Waals surface area (Å²) in [6, 6.07) is 22.6. The summed E-state index contributed by atoms with van der Waals surface area (Å²) in [7, 11) is 0. The monoisotopic (exact) mass is 481 g/mol. The van der Waals surface area contributed by atoms with Gasteiger partial charge in [-0.2, -0.15) is 5.26 Å². The lowest BCUT2D eigenvalue weighted by molar-refractivity contribution is -0.139. The van der Waals surface area contributed by atoms with E-state index >= 15 is 0 Å². The summed E-state index contributed by atoms with van der Waals surface area (Å²) < 4.78 is 0. The molecule has 0 bridgehead atoms. The highest BCUT2D eigenvalue weighted by atomic mass is 16.2. The molecule has 36 heavy (non-hydrogen) atoms. The van der Waals surface area contributed by atoms with Crippen molar-refractivity contribution in [3.8, 4) is 6.07 Å². The summed E-state index contributed by atoms with van der Waals surface area (Å²) in [4.78, 5) is 44.1. The van der Waals surface area contributed by atoms with E-state index in [1.807, 2.05) is 54.6 Å². The summed E-state index contributed by atoms with van der Waals surface area (Å²) in [6.45, 7) is 4.60. The first-order valence-electron chi connectivity index (χ1n) is 12.0. The van der Waals surface area contributed by atoms with Crippen LogP contribution in [0.5, 0.6) is 0 Å². The highest BCUT2D eigenvalue weighted by Gasteiger charge is 2.49. The van der Waals surface area contributed by atoms with Gasteiger partial charge in [0.1, 0.15) is 12.1 Å². The molecule has 182 valence electrons. The van der Waals surface area contributed by atoms with Crippen LogP contribution in [0.1, 0.15) is 23.6 Å². The molecule has 3 aromatic carbocycles. The molecular formula is C28H27N5O3. The first-order chi connectivity index (χ1) is 17.4. The van der Waals surface area contributed by atoms with Gasteiger partial charge >= 0.3 is 6.03 Å². The average molecular weight is 482 g/mol. The number of amides is 4. The molecule has 8 nitrogen and oxygen atoms in total. The van der Waals surface area contributed by atoms with E-state index in [1.165, 1.54) is 0 Å². The fourth-order valence-electron chi connectivity index (χ4n) is 4.87. The third-order valence-electron chi connectivity index (χ3n) is 7.11. The smallest absolute Gasteiger partial charge is 0.325 e. The highest BCUT2D eigenvalue weighted by molar-refractivity contribution is 6.09. The van der Waals surface area contributed by atoms with Crippen LogP contribution in [-0.2, 0) is 21.7 Å². The standard InChI is InChI=1S/C28H27N5O3/c1-28(24-11-10-22-4-2-3-5-23(22)16-24)26(35)33(27(36)30-28)19-25(34)32-14-12-31(13-15-32)18-21-8-6-20(17-29)7-9-21/h2-11,16H,12-15,18-19H2,1H3,(H,30,36)/t28-/m0/s1. The van der Waals surface area contributed by atoms with Crippen LogP contribution in [0.15, 0.2) is 66.7 Å². The molecule has 1 atom stereocenters. The van der Waals surface area contributed by atoms with Crippen LogP contribution < -0.4 is 5.32 Å². The summed E-state index contributed by atoms with van der Waals surface area (Å²) in [6.07, 6.45) is 0. The lowest BCUT2D eigenvalue weighted by Crippen LogP contribution is -2.51. The molecule has 0 spiro atoms. The van der Waals surface area contributed by atoms with Crippen molar-refractivity contribution in [1.82, 2.24) is 20.0 Å². The topological polar surface area (TPSA) is 96.8 Å². The van der Waals surface area contributed by atoms with Gasteiger partial charge in [0.25, 0.3) is 5.91 Å². The predicted molar refractivity (Wildman–Crippen MR) is 135 cm³/mol. The molecule has 2 aliphatic heterocycles. The Morgan fingerprint density at radius 3 is 2.36 bits per heavy atom. The van der Waals surface area contributed by atoms with E-state index in [0.29, 0.717) is 37.3 Å². The average Bonchev–Trinajstić information content (AvgIpc) is 3.13. The largest absolute Gasteiger partial charge is 0.339 e. The van der Waals surface area contributed by atoms with E-state index in [9.17, 15) is 14.4 Å². The van der Waals surface area contributed by atoms with Gasteiger partial charge in [-0.15, -0.1) is 0 Å². The van der Waals surface area contributed by atoms with E-state index in [1.54, 1.807) is 24.0 Å². The number of urea groups is 1. The van der Waals surface area contributed by atoms with Gasteiger partial charge in [-0.25, -0.2) is 4.79 Å². The second kappa shape index (κ2) is 9.44. The Hall–Kier alpha value is -4.22. The number of carbonyl (C=O) groups excluding carboxylic acids is 3. The van der Waals surface area contributed by atoms with Crippen molar-refractivity contribution in [2.75, 3.05) is 32.7 Å². The molecule has 2 aliphatic rings. The number of fused-ring (bicyclic) bond motifs is 1. The molecule has 0 aliphatic carbocycles. The van der Waals surface area contributed by atoms with Gasteiger partial charge in [0.15, 0.2) is 0 Å². The number of imide groups is 1. The molecular weight excluding hydrogens is 454 g/mol. The molecule has 2 saturated heterocycles. The highest BCUT2D eigenvalue weighted by Crippen LogP contribution is 2.31. The van der Waals surface area contributed by atoms with Gasteiger partial charge in [0.05, 0.1) is 11.6 Å². The molecule has 1 N–H and O–H groups in total. The SMILES string of the molecule is C[C@@]1(c2ccc3ccccc3c2)NC(=O)N(CC(=O)N2CCN(Cc3ccc(C#N)cc3)CC2)C1=O. The zero-order chi connectivity index (χ0) is 25.3. The molecule has 4 amide bonds. The fraction of sp³-hybridized carbons (Fsp3) is 0.286. The Morgan fingerprint density at radius 1 is 0.972 bits per heavy atom. The van der Waals surface area contributed by atoms with Gasteiger partial charge in [0, 0.05) is 32.7 Å². The van der Waals surface area contributed by atoms with Crippen LogP contribution in [0.25, 0.3) is 10.8 Å². The van der Waals surface area contributed by atoms with Gasteiger partial charge in [0.2, 0.25) is 5.91 Å². The molecule has 3 aromatic rings. The van der Waals surface area contributed by atoms with Crippen LogP contribution in [0.4, 0.5) is 4.79 Å². The number of nitrogens with one attached hydrogen (secondary N) is 1. The Morgan fingerprint density at radius 2 is 1.67 bits per heavy atom. The second-order valence-electron chi connectivity index (χ2n) is 9.47. The molecule has 5 rings (SSSR count). The molecule has 2 heterocycles. The minimum Gasteiger partial charge on any atom is -0.339 e. The summed E-state index contributed by atoms with van der Waals surface area (Å²) in [5, 5.41) is 13.8. The molecule has 8 heteroatoms. The maximum atomic E-state index is 13.3. The van der Waals surface area contributed by atoms with E-state index in [2.05, 4.69) is 16.3 Å². The molecule has 0 saturated carbocycles. The second-order valence-corrected chi connectivity index (χ2v) is 9.47. The number of nitrogens with zero attached hydrogens (tertiary/aromatic N) is 4. The quantitative estimate of drug-likeness (QED) is 0.566. The van der Waals surface area contributed by atoms with Gasteiger partial charge < -0.3 is 10.2 Å². The Bertz CT molecular complexity index is 1370. The molecule has 2 fully saturated rings. The van der Waals surface area contributed by atoms with Gasteiger partial charge in [-0.05, 0) is 47.0 Å². The van der Waals surface area contributed by atoms with Crippen LogP contribution >= 0.6 is 0 Å². The Balaban J connectivity index is 1.20. The van der Waals surface area contributed by atoms with Crippen molar-refractivity contribution in [3.63, 3.8) is 0 Å². The van der Waals surface area contributed by atoms with Gasteiger partial charge in [-0.1, -0.05) is 48.5 Å². The number of nitriles is 1. The van der Waals surface area contributed by atoms with Crippen molar-refractivity contribution < 1.29 is 14.4 Å². The third-order valence-corrected chi connectivity index (χ3v) is 7.11. The van der Waals surface area contributed by atoms with Crippen molar-refractivity contribution in [3.05, 3.63) is 83.4 Å². The fourth-order valence-corrected chi connectivity index (χ4v) is 4.87. The maximum absolute atomic E-state index is 13.3. The first-order valence-corrected chi connectivity index (χ1v) is 12.0. The van der Waals surface area contributed by atoms with E-state index in [-0.39, 0.29) is 12.5 Å². The van der Waals surface area contributed by atoms with Crippen LogP contribution in [0.2, 0.25) is 0 Å². The Kier molecular flexibility index (Phi) is 6.17. The number of carbonyl (C=O) groups is 3. The predicted octanol–water partition coefficient (Wildman–Crippen LogP) is 2.82. The summed E-state index contributed by atoms with van der Waals surface area (Å²) in [5.41, 5.74) is 1.21. The number of piperazine rings is 1. The number of hydrogen-bond acceptors (Lipinski definition) is 5. The van der Waals surface area contributed by atoms with E-state index in [0.717, 1.165) is 27.8 Å². The lowest BCUT2D eigenvalue weighted by atomic mass is 9.90. The summed E-state index contributed by atoms with van der Waals surface area (Å²) >= 11 is 0. The number of hydrogen-bond donors (Lipinski definition) is 1. The first kappa shape index (κ1) is 23.5. The zero-order valence-corrected chi connectivity index (χ0v) is 20.1. The Labute approximate surface area is 209 Å². The van der Waals surface area contributed by atoms with E-state index in [4.69, 9.17) is 5.26 Å². The number of rotatable bonds is 5. The maximum Gasteiger partial charge on any atom is 0.325 e. The van der Waals surface area contributed by atoms with Crippen LogP contribution in [-0.4, -0.2) is 65.3 Å². The van der Waals surface area contributed by atoms with E-state index < -0.39 is 17.5 Å². The van der Waals surface area contributed by atoms with Crippen molar-refractivity contribution in [1.29, 1.82) is 5.26 Å². The summed E-state index contributed by atoms with van der Waals surface area (Å²) in [5.74, 6) is -0.658. The zero-order valence-electron chi connectivity index (χ0n) is 20.1. The molecule has 0 unspecified atom stereocenters.